The molecule has 1 aromatic heterocycles. The lowest BCUT2D eigenvalue weighted by Crippen LogP contribution is -2.32. The van der Waals surface area contributed by atoms with Gasteiger partial charge in [0.25, 0.3) is 0 Å². The van der Waals surface area contributed by atoms with Crippen molar-refractivity contribution in [3.05, 3.63) is 17.8 Å². The second-order valence-electron chi connectivity index (χ2n) is 2.53. The third kappa shape index (κ3) is 2.06. The first-order valence-corrected chi connectivity index (χ1v) is 3.49. The van der Waals surface area contributed by atoms with Crippen molar-refractivity contribution in [1.82, 2.24) is 4.98 Å². The molecule has 0 aliphatic heterocycles. The highest BCUT2D eigenvalue weighted by atomic mass is 16.4. The number of aromatic nitrogens is 1. The second-order valence-corrected chi connectivity index (χ2v) is 2.53. The zero-order chi connectivity index (χ0) is 9.14. The van der Waals surface area contributed by atoms with E-state index in [0.717, 1.165) is 5.69 Å². The third-order valence-electron chi connectivity index (χ3n) is 1.38. The number of aryl methyl sites for hydroxylation is 1. The molecule has 0 saturated heterocycles. The Balaban J connectivity index is 2.58. The Bertz CT molecular complexity index is 282. The first-order valence-electron chi connectivity index (χ1n) is 3.49. The summed E-state index contributed by atoms with van der Waals surface area (Å²) >= 11 is 0. The predicted molar refractivity (Wildman–Crippen MR) is 40.6 cm³/mol. The van der Waals surface area contributed by atoms with Crippen LogP contribution in [0.4, 0.5) is 0 Å². The van der Waals surface area contributed by atoms with Crippen molar-refractivity contribution < 1.29 is 14.3 Å². The number of carboxylic acid groups (broad SMARTS) is 1. The first-order chi connectivity index (χ1) is 5.59. The second kappa shape index (κ2) is 3.36. The van der Waals surface area contributed by atoms with Crippen LogP contribution in [0, 0.1) is 6.92 Å². The fourth-order valence-corrected chi connectivity index (χ4v) is 0.772. The summed E-state index contributed by atoms with van der Waals surface area (Å²) in [5.41, 5.74) is 5.98. The monoisotopic (exact) mass is 170 g/mol. The molecule has 1 heterocycles. The highest BCUT2D eigenvalue weighted by Gasteiger charge is 2.14. The van der Waals surface area contributed by atoms with Crippen molar-refractivity contribution in [3.8, 4) is 0 Å². The van der Waals surface area contributed by atoms with Crippen molar-refractivity contribution >= 4 is 5.97 Å². The van der Waals surface area contributed by atoms with Crippen LogP contribution in [0.25, 0.3) is 0 Å². The van der Waals surface area contributed by atoms with Crippen LogP contribution in [-0.4, -0.2) is 22.1 Å². The summed E-state index contributed by atoms with van der Waals surface area (Å²) in [6.07, 6.45) is 1.59. The molecule has 0 bridgehead atoms. The largest absolute Gasteiger partial charge is 0.480 e. The number of aliphatic carboxylic acids is 1. The maximum atomic E-state index is 10.3. The summed E-state index contributed by atoms with van der Waals surface area (Å²) in [7, 11) is 0. The minimum atomic E-state index is -1.05. The van der Waals surface area contributed by atoms with E-state index in [1.54, 1.807) is 6.92 Å². The van der Waals surface area contributed by atoms with Crippen molar-refractivity contribution in [3.63, 3.8) is 0 Å². The minimum absolute atomic E-state index is 0.128. The molecule has 0 radical (unpaired) electrons. The summed E-state index contributed by atoms with van der Waals surface area (Å²) in [5, 5.41) is 8.46. The van der Waals surface area contributed by atoms with Gasteiger partial charge in [-0.2, -0.15) is 0 Å². The van der Waals surface area contributed by atoms with Crippen LogP contribution in [0.3, 0.4) is 0 Å². The van der Waals surface area contributed by atoms with E-state index in [2.05, 4.69) is 4.98 Å². The Labute approximate surface area is 69.2 Å². The van der Waals surface area contributed by atoms with Crippen molar-refractivity contribution in [2.75, 3.05) is 0 Å². The number of carboxylic acids is 1. The quantitative estimate of drug-likeness (QED) is 0.663. The van der Waals surface area contributed by atoms with Gasteiger partial charge in [0.2, 0.25) is 0 Å². The van der Waals surface area contributed by atoms with Crippen LogP contribution in [-0.2, 0) is 11.2 Å². The van der Waals surface area contributed by atoms with Gasteiger partial charge in [-0.1, -0.05) is 0 Å². The summed E-state index contributed by atoms with van der Waals surface area (Å²) in [5.74, 6) is -0.687. The minimum Gasteiger partial charge on any atom is -0.480 e. The molecule has 0 spiro atoms. The lowest BCUT2D eigenvalue weighted by molar-refractivity contribution is -0.138. The summed E-state index contributed by atoms with van der Waals surface area (Å²) < 4.78 is 4.93. The van der Waals surface area contributed by atoms with Crippen molar-refractivity contribution in [2.24, 2.45) is 5.73 Å². The van der Waals surface area contributed by atoms with Crippen LogP contribution in [0.15, 0.2) is 10.7 Å². The van der Waals surface area contributed by atoms with Gasteiger partial charge in [0.05, 0.1) is 12.1 Å². The highest BCUT2D eigenvalue weighted by Crippen LogP contribution is 2.02. The normalized spacial score (nSPS) is 12.8. The van der Waals surface area contributed by atoms with E-state index in [4.69, 9.17) is 15.3 Å². The molecule has 0 fully saturated rings. The molecular formula is C7H10N2O3. The lowest BCUT2D eigenvalue weighted by Gasteiger charge is -2.00. The van der Waals surface area contributed by atoms with Gasteiger partial charge < -0.3 is 15.3 Å². The Morgan fingerprint density at radius 2 is 2.58 bits per heavy atom. The van der Waals surface area contributed by atoms with Gasteiger partial charge in [0, 0.05) is 0 Å². The van der Waals surface area contributed by atoms with Crippen LogP contribution in [0.2, 0.25) is 0 Å². The Morgan fingerprint density at radius 1 is 1.92 bits per heavy atom. The Kier molecular flexibility index (Phi) is 2.44. The molecule has 1 aromatic rings. The van der Waals surface area contributed by atoms with Gasteiger partial charge in [0.1, 0.15) is 12.3 Å². The molecule has 0 aliphatic rings. The molecule has 0 amide bonds. The molecule has 66 valence electrons. The number of rotatable bonds is 3. The molecule has 0 aromatic carbocycles. The number of nitrogens with zero attached hydrogens (tertiary/aromatic N) is 1. The fraction of sp³-hybridized carbons (Fsp3) is 0.429. The van der Waals surface area contributed by atoms with E-state index in [1.165, 1.54) is 6.26 Å². The van der Waals surface area contributed by atoms with E-state index in [1.807, 2.05) is 0 Å². The number of nitrogens with two attached hydrogens (primary N) is 1. The van der Waals surface area contributed by atoms with E-state index in [9.17, 15) is 4.79 Å². The molecule has 5 heteroatoms. The molecule has 1 atom stereocenters. The summed E-state index contributed by atoms with van der Waals surface area (Å²) in [4.78, 5) is 14.2. The zero-order valence-electron chi connectivity index (χ0n) is 6.65. The van der Waals surface area contributed by atoms with E-state index in [-0.39, 0.29) is 6.42 Å². The van der Waals surface area contributed by atoms with Crippen LogP contribution in [0.5, 0.6) is 0 Å². The van der Waals surface area contributed by atoms with Crippen molar-refractivity contribution in [1.29, 1.82) is 0 Å². The number of carbonyl (C=O) groups is 1. The van der Waals surface area contributed by atoms with Crippen LogP contribution in [0.1, 0.15) is 11.6 Å². The van der Waals surface area contributed by atoms with E-state index < -0.39 is 12.0 Å². The van der Waals surface area contributed by atoms with Gasteiger partial charge in [0.15, 0.2) is 5.89 Å². The van der Waals surface area contributed by atoms with E-state index in [0.29, 0.717) is 5.89 Å². The smallest absolute Gasteiger partial charge is 0.321 e. The predicted octanol–water partition coefficient (Wildman–Crippen LogP) is -0.0626. The summed E-state index contributed by atoms with van der Waals surface area (Å²) in [6, 6.07) is -0.942. The van der Waals surface area contributed by atoms with Gasteiger partial charge >= 0.3 is 5.97 Å². The maximum absolute atomic E-state index is 10.3. The molecule has 5 nitrogen and oxygen atoms in total. The topological polar surface area (TPSA) is 89.3 Å². The average molecular weight is 170 g/mol. The summed E-state index contributed by atoms with van der Waals surface area (Å²) in [6.45, 7) is 1.76. The number of oxazole rings is 1. The molecular weight excluding hydrogens is 160 g/mol. The average Bonchev–Trinajstić information content (AvgIpc) is 2.35. The standard InChI is InChI=1S/C7H10N2O3/c1-4-3-12-6(9-4)2-5(8)7(10)11/h3,5H,2,8H2,1H3,(H,10,11). The maximum Gasteiger partial charge on any atom is 0.321 e. The molecule has 0 saturated carbocycles. The molecule has 1 rings (SSSR count). The van der Waals surface area contributed by atoms with Gasteiger partial charge in [-0.3, -0.25) is 4.79 Å². The van der Waals surface area contributed by atoms with Gasteiger partial charge in [-0.25, -0.2) is 4.98 Å². The van der Waals surface area contributed by atoms with Gasteiger partial charge in [-0.05, 0) is 6.92 Å². The number of hydrogen-bond acceptors (Lipinski definition) is 4. The fourth-order valence-electron chi connectivity index (χ4n) is 0.772. The zero-order valence-corrected chi connectivity index (χ0v) is 6.65. The molecule has 12 heavy (non-hydrogen) atoms. The van der Waals surface area contributed by atoms with Crippen molar-refractivity contribution in [2.45, 2.75) is 19.4 Å². The Hall–Kier alpha value is -1.36. The van der Waals surface area contributed by atoms with Gasteiger partial charge in [-0.15, -0.1) is 0 Å². The third-order valence-corrected chi connectivity index (χ3v) is 1.38. The Morgan fingerprint density at radius 3 is 3.00 bits per heavy atom. The molecule has 1 unspecified atom stereocenters. The number of hydrogen-bond donors (Lipinski definition) is 2. The molecule has 3 N–H and O–H groups in total. The van der Waals surface area contributed by atoms with Crippen LogP contribution >= 0.6 is 0 Å². The molecule has 0 aliphatic carbocycles. The highest BCUT2D eigenvalue weighted by molar-refractivity contribution is 5.73. The first kappa shape index (κ1) is 8.73. The van der Waals surface area contributed by atoms with E-state index >= 15 is 0 Å². The van der Waals surface area contributed by atoms with Crippen LogP contribution < -0.4 is 5.73 Å². The lowest BCUT2D eigenvalue weighted by atomic mass is 10.2. The SMILES string of the molecule is Cc1coc(CC(N)C(=O)O)n1.